The second-order valence-corrected chi connectivity index (χ2v) is 5.31. The molecule has 23 heavy (non-hydrogen) atoms. The highest BCUT2D eigenvalue weighted by atomic mass is 16.5. The minimum Gasteiger partial charge on any atom is -0.382 e. The minimum absolute atomic E-state index is 0.0577. The van der Waals surface area contributed by atoms with E-state index in [-0.39, 0.29) is 5.91 Å². The maximum atomic E-state index is 12.3. The number of ether oxygens (including phenoxy) is 1. The highest BCUT2D eigenvalue weighted by Gasteiger charge is 2.15. The van der Waals surface area contributed by atoms with Crippen LogP contribution in [0.5, 0.6) is 0 Å². The number of rotatable bonds is 9. The lowest BCUT2D eigenvalue weighted by Crippen LogP contribution is -2.26. The van der Waals surface area contributed by atoms with Gasteiger partial charge in [0.2, 0.25) is 0 Å². The van der Waals surface area contributed by atoms with E-state index < -0.39 is 0 Å². The number of nitrogens with zero attached hydrogens (tertiary/aromatic N) is 2. The summed E-state index contributed by atoms with van der Waals surface area (Å²) in [4.78, 5) is 12.3. The van der Waals surface area contributed by atoms with Gasteiger partial charge in [0.25, 0.3) is 5.91 Å². The molecular weight excluding hydrogens is 290 g/mol. The van der Waals surface area contributed by atoms with Crippen LogP contribution in [0.4, 0.5) is 0 Å². The molecule has 0 unspecified atom stereocenters. The summed E-state index contributed by atoms with van der Waals surface area (Å²) in [6, 6.07) is 10.1. The molecule has 1 aromatic carbocycles. The lowest BCUT2D eigenvalue weighted by molar-refractivity contribution is 0.0943. The first-order valence-electron chi connectivity index (χ1n) is 8.20. The molecule has 0 aliphatic rings. The van der Waals surface area contributed by atoms with E-state index in [4.69, 9.17) is 4.74 Å². The summed E-state index contributed by atoms with van der Waals surface area (Å²) in [5, 5.41) is 7.33. The van der Waals surface area contributed by atoms with Crippen molar-refractivity contribution in [3.05, 3.63) is 53.3 Å². The summed E-state index contributed by atoms with van der Waals surface area (Å²) in [5.41, 5.74) is 2.81. The van der Waals surface area contributed by atoms with Gasteiger partial charge >= 0.3 is 0 Å². The Labute approximate surface area is 137 Å². The quantitative estimate of drug-likeness (QED) is 0.724. The number of carbonyl (C=O) groups is 1. The first-order chi connectivity index (χ1) is 11.3. The van der Waals surface area contributed by atoms with Gasteiger partial charge in [-0.2, -0.15) is 5.10 Å². The molecule has 1 N–H and O–H groups in total. The van der Waals surface area contributed by atoms with Gasteiger partial charge in [0, 0.05) is 19.8 Å². The lowest BCUT2D eigenvalue weighted by Gasteiger charge is -2.09. The molecule has 0 aliphatic carbocycles. The van der Waals surface area contributed by atoms with E-state index in [1.54, 1.807) is 6.20 Å². The average molecular weight is 315 g/mol. The van der Waals surface area contributed by atoms with Gasteiger partial charge in [0.1, 0.15) is 0 Å². The third-order valence-corrected chi connectivity index (χ3v) is 3.66. The number of carbonyl (C=O) groups excluding carboxylic acids is 1. The molecule has 1 amide bonds. The van der Waals surface area contributed by atoms with Crippen LogP contribution in [0, 0.1) is 0 Å². The van der Waals surface area contributed by atoms with Gasteiger partial charge < -0.3 is 10.1 Å². The molecule has 1 heterocycles. The number of hydrogen-bond acceptors (Lipinski definition) is 3. The molecule has 0 fully saturated rings. The van der Waals surface area contributed by atoms with Crippen LogP contribution in [0.25, 0.3) is 0 Å². The fourth-order valence-electron chi connectivity index (χ4n) is 2.48. The zero-order valence-electron chi connectivity index (χ0n) is 13.9. The van der Waals surface area contributed by atoms with Crippen molar-refractivity contribution < 1.29 is 9.53 Å². The largest absolute Gasteiger partial charge is 0.382 e. The van der Waals surface area contributed by atoms with Crippen LogP contribution in [0.3, 0.4) is 0 Å². The van der Waals surface area contributed by atoms with Crippen LogP contribution in [-0.4, -0.2) is 35.4 Å². The van der Waals surface area contributed by atoms with E-state index in [1.807, 2.05) is 36.7 Å². The van der Waals surface area contributed by atoms with E-state index in [2.05, 4.69) is 22.5 Å². The second kappa shape index (κ2) is 9.10. The van der Waals surface area contributed by atoms with Crippen molar-refractivity contribution in [1.29, 1.82) is 0 Å². The smallest absolute Gasteiger partial charge is 0.254 e. The Morgan fingerprint density at radius 2 is 2.04 bits per heavy atom. The standard InChI is InChI=1S/C18H25N3O2/c1-3-17-16(18(22)19-11-8-12-23-4-2)13-20-21(17)14-15-9-6-5-7-10-15/h5-7,9-10,13H,3-4,8,11-12,14H2,1-2H3,(H,19,22). The van der Waals surface area contributed by atoms with E-state index in [0.717, 1.165) is 18.5 Å². The maximum absolute atomic E-state index is 12.3. The number of nitrogens with one attached hydrogen (secondary N) is 1. The highest BCUT2D eigenvalue weighted by molar-refractivity contribution is 5.95. The SMILES string of the molecule is CCOCCCNC(=O)c1cnn(Cc2ccccc2)c1CC. The van der Waals surface area contributed by atoms with Crippen molar-refractivity contribution >= 4 is 5.91 Å². The van der Waals surface area contributed by atoms with Crippen molar-refractivity contribution in [2.24, 2.45) is 0 Å². The molecule has 0 spiro atoms. The molecule has 0 atom stereocenters. The van der Waals surface area contributed by atoms with Crippen LogP contribution in [-0.2, 0) is 17.7 Å². The lowest BCUT2D eigenvalue weighted by atomic mass is 10.1. The molecule has 2 rings (SSSR count). The topological polar surface area (TPSA) is 56.1 Å². The molecular formula is C18H25N3O2. The van der Waals surface area contributed by atoms with Gasteiger partial charge in [0.05, 0.1) is 24.0 Å². The van der Waals surface area contributed by atoms with Gasteiger partial charge in [0.15, 0.2) is 0 Å². The van der Waals surface area contributed by atoms with Crippen LogP contribution < -0.4 is 5.32 Å². The number of amides is 1. The van der Waals surface area contributed by atoms with Gasteiger partial charge in [-0.1, -0.05) is 37.3 Å². The summed E-state index contributed by atoms with van der Waals surface area (Å²) in [5.74, 6) is -0.0577. The minimum atomic E-state index is -0.0577. The Kier molecular flexibility index (Phi) is 6.81. The average Bonchev–Trinajstić information content (AvgIpc) is 2.98. The van der Waals surface area contributed by atoms with Crippen LogP contribution in [0.1, 0.15) is 41.9 Å². The Morgan fingerprint density at radius 1 is 1.26 bits per heavy atom. The molecule has 1 aromatic heterocycles. The number of hydrogen-bond donors (Lipinski definition) is 1. The van der Waals surface area contributed by atoms with E-state index in [0.29, 0.717) is 31.9 Å². The van der Waals surface area contributed by atoms with Crippen molar-refractivity contribution in [2.45, 2.75) is 33.2 Å². The third-order valence-electron chi connectivity index (χ3n) is 3.66. The number of benzene rings is 1. The molecule has 124 valence electrons. The summed E-state index contributed by atoms with van der Waals surface area (Å²) in [7, 11) is 0. The number of aromatic nitrogens is 2. The molecule has 2 aromatic rings. The summed E-state index contributed by atoms with van der Waals surface area (Å²) < 4.78 is 7.18. The van der Waals surface area contributed by atoms with Crippen LogP contribution in [0.15, 0.2) is 36.5 Å². The zero-order chi connectivity index (χ0) is 16.5. The van der Waals surface area contributed by atoms with E-state index in [9.17, 15) is 4.79 Å². The monoisotopic (exact) mass is 315 g/mol. The zero-order valence-corrected chi connectivity index (χ0v) is 13.9. The third kappa shape index (κ3) is 4.93. The molecule has 5 heteroatoms. The Balaban J connectivity index is 1.98. The van der Waals surface area contributed by atoms with Crippen molar-refractivity contribution in [3.8, 4) is 0 Å². The predicted octanol–water partition coefficient (Wildman–Crippen LogP) is 2.65. The van der Waals surface area contributed by atoms with Crippen LogP contribution in [0.2, 0.25) is 0 Å². The Bertz CT molecular complexity index is 608. The maximum Gasteiger partial charge on any atom is 0.254 e. The predicted molar refractivity (Wildman–Crippen MR) is 90.6 cm³/mol. The van der Waals surface area contributed by atoms with Crippen LogP contribution >= 0.6 is 0 Å². The molecule has 5 nitrogen and oxygen atoms in total. The first kappa shape index (κ1) is 17.2. The van der Waals surface area contributed by atoms with Gasteiger partial charge in [-0.3, -0.25) is 9.48 Å². The van der Waals surface area contributed by atoms with E-state index >= 15 is 0 Å². The first-order valence-corrected chi connectivity index (χ1v) is 8.20. The van der Waals surface area contributed by atoms with Gasteiger partial charge in [-0.15, -0.1) is 0 Å². The summed E-state index contributed by atoms with van der Waals surface area (Å²) in [6.45, 7) is 6.69. The fraction of sp³-hybridized carbons (Fsp3) is 0.444. The Morgan fingerprint density at radius 3 is 2.74 bits per heavy atom. The second-order valence-electron chi connectivity index (χ2n) is 5.31. The molecule has 0 bridgehead atoms. The fourth-order valence-corrected chi connectivity index (χ4v) is 2.48. The van der Waals surface area contributed by atoms with Gasteiger partial charge in [-0.25, -0.2) is 0 Å². The molecule has 0 saturated carbocycles. The normalized spacial score (nSPS) is 10.7. The van der Waals surface area contributed by atoms with Crippen molar-refractivity contribution in [3.63, 3.8) is 0 Å². The van der Waals surface area contributed by atoms with Gasteiger partial charge in [-0.05, 0) is 25.3 Å². The summed E-state index contributed by atoms with van der Waals surface area (Å²) >= 11 is 0. The molecule has 0 saturated heterocycles. The molecule has 0 radical (unpaired) electrons. The highest BCUT2D eigenvalue weighted by Crippen LogP contribution is 2.12. The molecule has 0 aliphatic heterocycles. The van der Waals surface area contributed by atoms with Crippen molar-refractivity contribution in [2.75, 3.05) is 19.8 Å². The summed E-state index contributed by atoms with van der Waals surface area (Å²) in [6.07, 6.45) is 3.26. The van der Waals surface area contributed by atoms with Crippen molar-refractivity contribution in [1.82, 2.24) is 15.1 Å². The Hall–Kier alpha value is -2.14. The van der Waals surface area contributed by atoms with E-state index in [1.165, 1.54) is 5.56 Å².